The van der Waals surface area contributed by atoms with E-state index in [1.54, 1.807) is 4.31 Å². The summed E-state index contributed by atoms with van der Waals surface area (Å²) in [5.74, 6) is 0. The minimum atomic E-state index is -3.41. The van der Waals surface area contributed by atoms with Gasteiger partial charge in [0.25, 0.3) is 10.2 Å². The molecule has 0 aromatic carbocycles. The van der Waals surface area contributed by atoms with E-state index in [1.165, 1.54) is 4.31 Å². The first-order valence-corrected chi connectivity index (χ1v) is 9.26. The van der Waals surface area contributed by atoms with E-state index in [1.807, 2.05) is 0 Å². The summed E-state index contributed by atoms with van der Waals surface area (Å²) < 4.78 is 28.8. The summed E-state index contributed by atoms with van der Waals surface area (Å²) in [7, 11) is -3.41. The topological polar surface area (TPSA) is 60.9 Å². The fourth-order valence-electron chi connectivity index (χ4n) is 3.53. The van der Waals surface area contributed by atoms with Crippen molar-refractivity contribution in [2.75, 3.05) is 26.2 Å². The normalized spacial score (nSPS) is 28.9. The third kappa shape index (κ3) is 2.89. The summed E-state index contributed by atoms with van der Waals surface area (Å²) in [6.07, 6.45) is 5.69. The van der Waals surface area contributed by atoms with Crippen LogP contribution in [0.5, 0.6) is 0 Å². The molecule has 6 heteroatoms. The first-order chi connectivity index (χ1) is 9.49. The number of hydrogen-bond donors (Lipinski definition) is 1. The molecule has 0 aromatic heterocycles. The highest BCUT2D eigenvalue weighted by Gasteiger charge is 2.44. The molecule has 0 saturated carbocycles. The minimum Gasteiger partial charge on any atom is -0.395 e. The summed E-state index contributed by atoms with van der Waals surface area (Å²) in [6, 6.07) is -0.230. The summed E-state index contributed by atoms with van der Waals surface area (Å²) in [6.45, 7) is 6.04. The van der Waals surface area contributed by atoms with E-state index in [2.05, 4.69) is 13.8 Å². The SMILES string of the molecule is CCC1(CC)CCN(S(=O)(=O)N2CCCCC2CO)C1. The van der Waals surface area contributed by atoms with Crippen LogP contribution in [0.4, 0.5) is 0 Å². The molecule has 0 aliphatic carbocycles. The van der Waals surface area contributed by atoms with Gasteiger partial charge in [-0.3, -0.25) is 0 Å². The first-order valence-electron chi connectivity index (χ1n) is 7.87. The van der Waals surface area contributed by atoms with Crippen molar-refractivity contribution in [3.8, 4) is 0 Å². The third-order valence-corrected chi connectivity index (χ3v) is 7.35. The summed E-state index contributed by atoms with van der Waals surface area (Å²) in [5, 5.41) is 9.44. The highest BCUT2D eigenvalue weighted by molar-refractivity contribution is 7.86. The van der Waals surface area contributed by atoms with Crippen LogP contribution < -0.4 is 0 Å². The van der Waals surface area contributed by atoms with Crippen LogP contribution in [0.1, 0.15) is 52.4 Å². The number of rotatable bonds is 5. The van der Waals surface area contributed by atoms with Crippen molar-refractivity contribution in [3.63, 3.8) is 0 Å². The van der Waals surface area contributed by atoms with Crippen molar-refractivity contribution in [1.29, 1.82) is 0 Å². The van der Waals surface area contributed by atoms with E-state index in [-0.39, 0.29) is 18.1 Å². The van der Waals surface area contributed by atoms with E-state index in [4.69, 9.17) is 0 Å². The van der Waals surface area contributed by atoms with Crippen LogP contribution in [-0.2, 0) is 10.2 Å². The number of hydrogen-bond acceptors (Lipinski definition) is 3. The molecule has 1 unspecified atom stereocenters. The van der Waals surface area contributed by atoms with Crippen molar-refractivity contribution in [1.82, 2.24) is 8.61 Å². The maximum atomic E-state index is 12.8. The van der Waals surface area contributed by atoms with Gasteiger partial charge >= 0.3 is 0 Å². The van der Waals surface area contributed by atoms with Crippen molar-refractivity contribution < 1.29 is 13.5 Å². The predicted molar refractivity (Wildman–Crippen MR) is 79.6 cm³/mol. The highest BCUT2D eigenvalue weighted by Crippen LogP contribution is 2.39. The molecule has 5 nitrogen and oxygen atoms in total. The van der Waals surface area contributed by atoms with Crippen LogP contribution in [0.15, 0.2) is 0 Å². The van der Waals surface area contributed by atoms with Gasteiger partial charge in [0, 0.05) is 25.7 Å². The molecule has 0 aromatic rings. The lowest BCUT2D eigenvalue weighted by Gasteiger charge is -2.36. The van der Waals surface area contributed by atoms with Crippen LogP contribution in [-0.4, -0.2) is 54.4 Å². The zero-order chi connectivity index (χ0) is 14.8. The molecular formula is C14H28N2O3S. The lowest BCUT2D eigenvalue weighted by atomic mass is 9.82. The number of nitrogens with zero attached hydrogens (tertiary/aromatic N) is 2. The van der Waals surface area contributed by atoms with E-state index < -0.39 is 10.2 Å². The molecule has 2 saturated heterocycles. The van der Waals surface area contributed by atoms with Gasteiger partial charge in [-0.2, -0.15) is 17.0 Å². The Labute approximate surface area is 123 Å². The van der Waals surface area contributed by atoms with Crippen molar-refractivity contribution in [2.45, 2.75) is 58.4 Å². The molecule has 2 aliphatic heterocycles. The summed E-state index contributed by atoms with van der Waals surface area (Å²) in [5.41, 5.74) is 0.150. The smallest absolute Gasteiger partial charge is 0.282 e. The van der Waals surface area contributed by atoms with Gasteiger partial charge in [-0.05, 0) is 37.5 Å². The average molecular weight is 304 g/mol. The Morgan fingerprint density at radius 3 is 2.45 bits per heavy atom. The Morgan fingerprint density at radius 1 is 1.20 bits per heavy atom. The molecule has 118 valence electrons. The molecule has 1 atom stereocenters. The maximum Gasteiger partial charge on any atom is 0.282 e. The lowest BCUT2D eigenvalue weighted by molar-refractivity contribution is 0.148. The number of aliphatic hydroxyl groups excluding tert-OH is 1. The largest absolute Gasteiger partial charge is 0.395 e. The van der Waals surface area contributed by atoms with E-state index in [0.29, 0.717) is 19.6 Å². The van der Waals surface area contributed by atoms with Crippen LogP contribution in [0.25, 0.3) is 0 Å². The first kappa shape index (κ1) is 16.2. The molecule has 0 bridgehead atoms. The Balaban J connectivity index is 2.14. The summed E-state index contributed by atoms with van der Waals surface area (Å²) in [4.78, 5) is 0. The van der Waals surface area contributed by atoms with Crippen LogP contribution in [0.3, 0.4) is 0 Å². The number of aliphatic hydroxyl groups is 1. The molecule has 2 heterocycles. The van der Waals surface area contributed by atoms with Gasteiger partial charge in [0.2, 0.25) is 0 Å². The second-order valence-corrected chi connectivity index (χ2v) is 8.12. The number of piperidine rings is 1. The van der Waals surface area contributed by atoms with E-state index in [0.717, 1.165) is 38.5 Å². The Bertz CT molecular complexity index is 420. The Morgan fingerprint density at radius 2 is 1.90 bits per heavy atom. The molecule has 20 heavy (non-hydrogen) atoms. The van der Waals surface area contributed by atoms with Crippen molar-refractivity contribution in [2.24, 2.45) is 5.41 Å². The average Bonchev–Trinajstić information content (AvgIpc) is 2.93. The molecule has 2 fully saturated rings. The minimum absolute atomic E-state index is 0.0697. The maximum absolute atomic E-state index is 12.8. The van der Waals surface area contributed by atoms with E-state index >= 15 is 0 Å². The van der Waals surface area contributed by atoms with E-state index in [9.17, 15) is 13.5 Å². The molecule has 0 amide bonds. The molecule has 0 radical (unpaired) electrons. The quantitative estimate of drug-likeness (QED) is 0.839. The fourth-order valence-corrected chi connectivity index (χ4v) is 5.49. The molecule has 2 aliphatic rings. The van der Waals surface area contributed by atoms with Crippen molar-refractivity contribution >= 4 is 10.2 Å². The highest BCUT2D eigenvalue weighted by atomic mass is 32.2. The molecule has 2 rings (SSSR count). The molecular weight excluding hydrogens is 276 g/mol. The zero-order valence-corrected chi connectivity index (χ0v) is 13.5. The standard InChI is InChI=1S/C14H28N2O3S/c1-3-14(4-2)8-10-15(12-14)20(18,19)16-9-6-5-7-13(16)11-17/h13,17H,3-12H2,1-2H3. The zero-order valence-electron chi connectivity index (χ0n) is 12.7. The Kier molecular flexibility index (Phi) is 5.10. The second-order valence-electron chi connectivity index (χ2n) is 6.24. The van der Waals surface area contributed by atoms with Gasteiger partial charge in [-0.25, -0.2) is 0 Å². The monoisotopic (exact) mass is 304 g/mol. The van der Waals surface area contributed by atoms with Gasteiger partial charge in [-0.1, -0.05) is 20.3 Å². The van der Waals surface area contributed by atoms with Crippen LogP contribution >= 0.6 is 0 Å². The van der Waals surface area contributed by atoms with Gasteiger partial charge in [-0.15, -0.1) is 0 Å². The molecule has 1 N–H and O–H groups in total. The Hall–Kier alpha value is -0.170. The predicted octanol–water partition coefficient (Wildman–Crippen LogP) is 1.59. The lowest BCUT2D eigenvalue weighted by Crippen LogP contribution is -2.51. The summed E-state index contributed by atoms with van der Waals surface area (Å²) >= 11 is 0. The van der Waals surface area contributed by atoms with Gasteiger partial charge in [0.05, 0.1) is 6.61 Å². The van der Waals surface area contributed by atoms with Crippen LogP contribution in [0.2, 0.25) is 0 Å². The fraction of sp³-hybridized carbons (Fsp3) is 1.00. The van der Waals surface area contributed by atoms with Crippen LogP contribution in [0, 0.1) is 5.41 Å². The van der Waals surface area contributed by atoms with Gasteiger partial charge in [0.15, 0.2) is 0 Å². The third-order valence-electron chi connectivity index (χ3n) is 5.31. The molecule has 0 spiro atoms. The van der Waals surface area contributed by atoms with Gasteiger partial charge < -0.3 is 5.11 Å². The van der Waals surface area contributed by atoms with Gasteiger partial charge in [0.1, 0.15) is 0 Å². The second kappa shape index (κ2) is 6.30. The van der Waals surface area contributed by atoms with Crippen molar-refractivity contribution in [3.05, 3.63) is 0 Å².